The lowest BCUT2D eigenvalue weighted by molar-refractivity contribution is -0.108. The first-order valence-corrected chi connectivity index (χ1v) is 8.55. The molecule has 2 aliphatic carbocycles. The third kappa shape index (κ3) is 3.56. The average molecular weight is 306 g/mol. The highest BCUT2D eigenvalue weighted by Gasteiger charge is 2.35. The minimum Gasteiger partial charge on any atom is -0.303 e. The zero-order valence-corrected chi connectivity index (χ0v) is 12.9. The molecule has 2 fully saturated rings. The molecule has 0 radical (unpaired) electrons. The van der Waals surface area contributed by atoms with Gasteiger partial charge in [-0.15, -0.1) is 0 Å². The average Bonchev–Trinajstić information content (AvgIpc) is 2.51. The molecular weight excluding hydrogens is 282 g/mol. The summed E-state index contributed by atoms with van der Waals surface area (Å²) in [5.41, 5.74) is 0.832. The zero-order chi connectivity index (χ0) is 15.5. The molecule has 1 unspecified atom stereocenters. The number of aldehydes is 1. The first kappa shape index (κ1) is 15.6. The lowest BCUT2D eigenvalue weighted by Crippen LogP contribution is -2.30. The van der Waals surface area contributed by atoms with Crippen LogP contribution >= 0.6 is 0 Å². The molecule has 2 saturated carbocycles. The van der Waals surface area contributed by atoms with E-state index in [2.05, 4.69) is 0 Å². The number of carbonyl (C=O) groups excluding carboxylic acids is 1. The monoisotopic (exact) mass is 306 g/mol. The molecule has 1 aromatic rings. The van der Waals surface area contributed by atoms with Gasteiger partial charge in [-0.25, -0.2) is 8.78 Å². The van der Waals surface area contributed by atoms with Crippen LogP contribution in [0.15, 0.2) is 18.2 Å². The van der Waals surface area contributed by atoms with Crippen LogP contribution in [-0.4, -0.2) is 6.29 Å². The fourth-order valence-electron chi connectivity index (χ4n) is 4.67. The summed E-state index contributed by atoms with van der Waals surface area (Å²) in [7, 11) is 0. The largest absolute Gasteiger partial charge is 0.303 e. The van der Waals surface area contributed by atoms with Crippen molar-refractivity contribution in [2.75, 3.05) is 0 Å². The van der Waals surface area contributed by atoms with Crippen LogP contribution in [0.5, 0.6) is 0 Å². The van der Waals surface area contributed by atoms with Crippen LogP contribution in [0.2, 0.25) is 0 Å². The van der Waals surface area contributed by atoms with E-state index in [1.165, 1.54) is 31.4 Å². The number of hydrogen-bond acceptors (Lipinski definition) is 1. The molecule has 3 rings (SSSR count). The van der Waals surface area contributed by atoms with Crippen LogP contribution in [0, 0.1) is 29.4 Å². The van der Waals surface area contributed by atoms with Gasteiger partial charge in [0.15, 0.2) is 0 Å². The highest BCUT2D eigenvalue weighted by Crippen LogP contribution is 2.48. The lowest BCUT2D eigenvalue weighted by atomic mass is 9.63. The second kappa shape index (κ2) is 6.89. The highest BCUT2D eigenvalue weighted by atomic mass is 19.1. The molecule has 0 N–H and O–H groups in total. The van der Waals surface area contributed by atoms with Crippen molar-refractivity contribution in [2.24, 2.45) is 17.8 Å². The van der Waals surface area contributed by atoms with Gasteiger partial charge in [0.1, 0.15) is 17.9 Å². The molecule has 4 atom stereocenters. The second-order valence-electron chi connectivity index (χ2n) is 7.16. The Balaban J connectivity index is 1.62. The van der Waals surface area contributed by atoms with Gasteiger partial charge in [0, 0.05) is 12.5 Å². The second-order valence-corrected chi connectivity index (χ2v) is 7.16. The van der Waals surface area contributed by atoms with Crippen LogP contribution in [0.1, 0.15) is 62.8 Å². The van der Waals surface area contributed by atoms with Crippen LogP contribution < -0.4 is 0 Å². The quantitative estimate of drug-likeness (QED) is 0.695. The number of carbonyl (C=O) groups is 1. The molecule has 0 bridgehead atoms. The summed E-state index contributed by atoms with van der Waals surface area (Å²) < 4.78 is 26.8. The van der Waals surface area contributed by atoms with Crippen molar-refractivity contribution in [2.45, 2.75) is 57.3 Å². The zero-order valence-electron chi connectivity index (χ0n) is 12.9. The summed E-state index contributed by atoms with van der Waals surface area (Å²) in [6.07, 6.45) is 9.66. The maximum absolute atomic E-state index is 13.4. The van der Waals surface area contributed by atoms with Crippen molar-refractivity contribution in [1.82, 2.24) is 0 Å². The van der Waals surface area contributed by atoms with Gasteiger partial charge in [-0.1, -0.05) is 6.42 Å². The van der Waals surface area contributed by atoms with Crippen LogP contribution in [0.4, 0.5) is 8.78 Å². The Hall–Kier alpha value is -1.25. The van der Waals surface area contributed by atoms with E-state index in [4.69, 9.17) is 0 Å². The van der Waals surface area contributed by atoms with Gasteiger partial charge in [-0.2, -0.15) is 0 Å². The lowest BCUT2D eigenvalue weighted by Gasteiger charge is -2.42. The van der Waals surface area contributed by atoms with Crippen LogP contribution in [0.25, 0.3) is 0 Å². The van der Waals surface area contributed by atoms with E-state index in [0.29, 0.717) is 24.2 Å². The van der Waals surface area contributed by atoms with Gasteiger partial charge in [-0.3, -0.25) is 0 Å². The van der Waals surface area contributed by atoms with E-state index in [1.807, 2.05) is 0 Å². The highest BCUT2D eigenvalue weighted by molar-refractivity contribution is 5.49. The first-order valence-electron chi connectivity index (χ1n) is 8.55. The smallest absolute Gasteiger partial charge is 0.126 e. The van der Waals surface area contributed by atoms with Crippen molar-refractivity contribution in [3.63, 3.8) is 0 Å². The van der Waals surface area contributed by atoms with Crippen molar-refractivity contribution in [3.8, 4) is 0 Å². The standard InChI is InChI=1S/C19H24F2O/c20-18-10-17(11-19(21)12-18)16-6-5-14-8-13(2-1-7-22)3-4-15(14)9-16/h7,10-16H,1-6,8-9H2/t13-,14-,15-,16?/m1/s1. The summed E-state index contributed by atoms with van der Waals surface area (Å²) in [4.78, 5) is 10.5. The normalized spacial score (nSPS) is 31.5. The minimum atomic E-state index is -0.463. The Kier molecular flexibility index (Phi) is 4.90. The number of rotatable bonds is 4. The molecule has 0 heterocycles. The molecule has 1 aromatic carbocycles. The maximum atomic E-state index is 13.4. The molecule has 0 spiro atoms. The summed E-state index contributed by atoms with van der Waals surface area (Å²) in [6.45, 7) is 0. The molecule has 0 aromatic heterocycles. The van der Waals surface area contributed by atoms with Gasteiger partial charge >= 0.3 is 0 Å². The Bertz CT molecular complexity index is 508. The van der Waals surface area contributed by atoms with Gasteiger partial charge < -0.3 is 4.79 Å². The van der Waals surface area contributed by atoms with E-state index in [9.17, 15) is 13.6 Å². The summed E-state index contributed by atoms with van der Waals surface area (Å²) >= 11 is 0. The van der Waals surface area contributed by atoms with Crippen molar-refractivity contribution in [1.29, 1.82) is 0 Å². The topological polar surface area (TPSA) is 17.1 Å². The Labute approximate surface area is 131 Å². The van der Waals surface area contributed by atoms with Gasteiger partial charge in [0.2, 0.25) is 0 Å². The molecule has 1 nitrogen and oxygen atoms in total. The summed E-state index contributed by atoms with van der Waals surface area (Å²) in [6, 6.07) is 3.96. The third-order valence-corrected chi connectivity index (χ3v) is 5.77. The van der Waals surface area contributed by atoms with Crippen LogP contribution in [0.3, 0.4) is 0 Å². The Morgan fingerprint density at radius 1 is 0.955 bits per heavy atom. The van der Waals surface area contributed by atoms with Crippen molar-refractivity contribution >= 4 is 6.29 Å². The third-order valence-electron chi connectivity index (χ3n) is 5.77. The first-order chi connectivity index (χ1) is 10.7. The predicted octanol–water partition coefficient (Wildman–Crippen LogP) is 5.24. The van der Waals surface area contributed by atoms with Crippen LogP contribution in [-0.2, 0) is 4.79 Å². The SMILES string of the molecule is O=CCC[C@@H]1CC[C@@H]2CC(c3cc(F)cc(F)c3)CC[C@@H]2C1. The van der Waals surface area contributed by atoms with Gasteiger partial charge in [-0.05, 0) is 79.9 Å². The number of fused-ring (bicyclic) bond motifs is 1. The number of benzene rings is 1. The van der Waals surface area contributed by atoms with E-state index < -0.39 is 11.6 Å². The molecule has 0 aliphatic heterocycles. The fourth-order valence-corrected chi connectivity index (χ4v) is 4.67. The summed E-state index contributed by atoms with van der Waals surface area (Å²) in [5.74, 6) is 1.52. The van der Waals surface area contributed by atoms with Crippen molar-refractivity contribution < 1.29 is 13.6 Å². The van der Waals surface area contributed by atoms with E-state index in [0.717, 1.165) is 49.5 Å². The summed E-state index contributed by atoms with van der Waals surface area (Å²) in [5, 5.41) is 0. The molecular formula is C19H24F2O. The molecule has 120 valence electrons. The predicted molar refractivity (Wildman–Crippen MR) is 82.6 cm³/mol. The molecule has 0 saturated heterocycles. The van der Waals surface area contributed by atoms with Gasteiger partial charge in [0.25, 0.3) is 0 Å². The number of halogens is 2. The molecule has 0 amide bonds. The molecule has 2 aliphatic rings. The molecule has 22 heavy (non-hydrogen) atoms. The van der Waals surface area contributed by atoms with Crippen molar-refractivity contribution in [3.05, 3.63) is 35.4 Å². The fraction of sp³-hybridized carbons (Fsp3) is 0.632. The van der Waals surface area contributed by atoms with Gasteiger partial charge in [0.05, 0.1) is 0 Å². The number of hydrogen-bond donors (Lipinski definition) is 0. The molecule has 3 heteroatoms. The minimum absolute atomic E-state index is 0.304. The maximum Gasteiger partial charge on any atom is 0.126 e. The Morgan fingerprint density at radius 3 is 2.36 bits per heavy atom. The van der Waals surface area contributed by atoms with E-state index in [1.54, 1.807) is 0 Å². The Morgan fingerprint density at radius 2 is 1.64 bits per heavy atom. The van der Waals surface area contributed by atoms with E-state index >= 15 is 0 Å². The van der Waals surface area contributed by atoms with E-state index in [-0.39, 0.29) is 0 Å².